The van der Waals surface area contributed by atoms with Crippen LogP contribution in [0.1, 0.15) is 17.4 Å². The average molecular weight is 270 g/mol. The van der Waals surface area contributed by atoms with E-state index in [4.69, 9.17) is 5.73 Å². The molecule has 0 saturated heterocycles. The zero-order valence-corrected chi connectivity index (χ0v) is 9.62. The highest BCUT2D eigenvalue weighted by Gasteiger charge is 2.11. The molecule has 14 heavy (non-hydrogen) atoms. The lowest BCUT2D eigenvalue weighted by atomic mass is 10.1. The van der Waals surface area contributed by atoms with Crippen LogP contribution in [0, 0.1) is 0 Å². The Morgan fingerprint density at radius 1 is 1.29 bits per heavy atom. The molecule has 0 aliphatic carbocycles. The average Bonchev–Trinajstić information content (AvgIpc) is 2.71. The van der Waals surface area contributed by atoms with E-state index < -0.39 is 0 Å². The minimum absolute atomic E-state index is 0.227. The third-order valence-electron chi connectivity index (χ3n) is 1.85. The number of rotatable bonds is 2. The maximum Gasteiger partial charge on any atom is 0.0911 e. The topological polar surface area (TPSA) is 51.8 Å². The molecule has 2 aromatic heterocycles. The summed E-state index contributed by atoms with van der Waals surface area (Å²) in [7, 11) is 0. The van der Waals surface area contributed by atoms with Gasteiger partial charge in [0, 0.05) is 16.0 Å². The standard InChI is InChI=1S/C9H8BrN3S/c10-6-1-2-7(12-5-6)9(11)8-3-4-14-13-8/h1-5,9H,11H2. The smallest absolute Gasteiger partial charge is 0.0911 e. The fourth-order valence-electron chi connectivity index (χ4n) is 1.11. The van der Waals surface area contributed by atoms with E-state index in [0.29, 0.717) is 0 Å². The number of aromatic nitrogens is 2. The molecule has 0 spiro atoms. The Balaban J connectivity index is 2.28. The Hall–Kier alpha value is -0.780. The van der Waals surface area contributed by atoms with E-state index in [-0.39, 0.29) is 6.04 Å². The summed E-state index contributed by atoms with van der Waals surface area (Å²) in [5.41, 5.74) is 7.68. The molecule has 0 aliphatic heterocycles. The lowest BCUT2D eigenvalue weighted by Crippen LogP contribution is -2.13. The van der Waals surface area contributed by atoms with Gasteiger partial charge in [0.05, 0.1) is 17.4 Å². The van der Waals surface area contributed by atoms with Crippen LogP contribution in [-0.4, -0.2) is 9.36 Å². The molecule has 0 radical (unpaired) electrons. The highest BCUT2D eigenvalue weighted by molar-refractivity contribution is 9.10. The Morgan fingerprint density at radius 2 is 2.14 bits per heavy atom. The van der Waals surface area contributed by atoms with Crippen LogP contribution >= 0.6 is 27.5 Å². The predicted molar refractivity (Wildman–Crippen MR) is 60.1 cm³/mol. The summed E-state index contributed by atoms with van der Waals surface area (Å²) >= 11 is 4.73. The number of hydrogen-bond acceptors (Lipinski definition) is 4. The normalized spacial score (nSPS) is 12.7. The van der Waals surface area contributed by atoms with E-state index in [9.17, 15) is 0 Å². The van der Waals surface area contributed by atoms with E-state index >= 15 is 0 Å². The van der Waals surface area contributed by atoms with Gasteiger partial charge in [-0.25, -0.2) is 0 Å². The van der Waals surface area contributed by atoms with Crippen LogP contribution in [0.3, 0.4) is 0 Å². The second-order valence-electron chi connectivity index (χ2n) is 2.80. The second-order valence-corrected chi connectivity index (χ2v) is 4.38. The summed E-state index contributed by atoms with van der Waals surface area (Å²) in [6.45, 7) is 0. The second kappa shape index (κ2) is 4.16. The van der Waals surface area contributed by atoms with Gasteiger partial charge in [0.15, 0.2) is 0 Å². The van der Waals surface area contributed by atoms with E-state index in [1.807, 2.05) is 23.6 Å². The molecule has 5 heteroatoms. The number of nitrogens with two attached hydrogens (primary N) is 1. The molecule has 0 amide bonds. The van der Waals surface area contributed by atoms with Crippen molar-refractivity contribution in [3.63, 3.8) is 0 Å². The Bertz CT molecular complexity index is 399. The Morgan fingerprint density at radius 3 is 2.71 bits per heavy atom. The van der Waals surface area contributed by atoms with Crippen LogP contribution in [0.2, 0.25) is 0 Å². The molecule has 0 aromatic carbocycles. The van der Waals surface area contributed by atoms with Gasteiger partial charge in [-0.15, -0.1) is 0 Å². The van der Waals surface area contributed by atoms with Gasteiger partial charge in [-0.2, -0.15) is 4.37 Å². The molecule has 72 valence electrons. The fourth-order valence-corrected chi connectivity index (χ4v) is 1.90. The van der Waals surface area contributed by atoms with Crippen molar-refractivity contribution in [2.24, 2.45) is 5.73 Å². The third kappa shape index (κ3) is 2.00. The maximum atomic E-state index is 5.98. The number of nitrogens with zero attached hydrogens (tertiary/aromatic N) is 2. The third-order valence-corrected chi connectivity index (χ3v) is 2.89. The van der Waals surface area contributed by atoms with Crippen molar-refractivity contribution >= 4 is 27.5 Å². The van der Waals surface area contributed by atoms with E-state index in [2.05, 4.69) is 25.3 Å². The molecule has 0 fully saturated rings. The van der Waals surface area contributed by atoms with Gasteiger partial charge >= 0.3 is 0 Å². The van der Waals surface area contributed by atoms with Crippen molar-refractivity contribution in [1.82, 2.24) is 9.36 Å². The molecule has 0 bridgehead atoms. The summed E-state index contributed by atoms with van der Waals surface area (Å²) in [6.07, 6.45) is 1.74. The predicted octanol–water partition coefficient (Wildman–Crippen LogP) is 2.35. The van der Waals surface area contributed by atoms with Crippen LogP contribution in [-0.2, 0) is 0 Å². The number of halogens is 1. The first-order chi connectivity index (χ1) is 6.77. The van der Waals surface area contributed by atoms with Gasteiger partial charge in [0.2, 0.25) is 0 Å². The molecule has 1 unspecified atom stereocenters. The maximum absolute atomic E-state index is 5.98. The summed E-state index contributed by atoms with van der Waals surface area (Å²) in [5, 5.41) is 1.91. The van der Waals surface area contributed by atoms with E-state index in [1.54, 1.807) is 6.20 Å². The van der Waals surface area contributed by atoms with Crippen LogP contribution in [0.25, 0.3) is 0 Å². The first kappa shape index (κ1) is 9.76. The van der Waals surface area contributed by atoms with Crippen LogP contribution in [0.5, 0.6) is 0 Å². The lowest BCUT2D eigenvalue weighted by molar-refractivity contribution is 0.807. The van der Waals surface area contributed by atoms with Crippen molar-refractivity contribution in [3.8, 4) is 0 Å². The van der Waals surface area contributed by atoms with E-state index in [0.717, 1.165) is 15.9 Å². The zero-order valence-electron chi connectivity index (χ0n) is 7.22. The minimum Gasteiger partial charge on any atom is -0.318 e. The first-order valence-electron chi connectivity index (χ1n) is 4.04. The summed E-state index contributed by atoms with van der Waals surface area (Å²) in [4.78, 5) is 4.23. The summed E-state index contributed by atoms with van der Waals surface area (Å²) in [5.74, 6) is 0. The van der Waals surface area contributed by atoms with Crippen molar-refractivity contribution < 1.29 is 0 Å². The molecule has 3 nitrogen and oxygen atoms in total. The molecular formula is C9H8BrN3S. The van der Waals surface area contributed by atoms with Crippen LogP contribution in [0.15, 0.2) is 34.2 Å². The monoisotopic (exact) mass is 269 g/mol. The SMILES string of the molecule is NC(c1ccc(Br)cn1)c1ccsn1. The van der Waals surface area contributed by atoms with Gasteiger partial charge in [-0.3, -0.25) is 4.98 Å². The van der Waals surface area contributed by atoms with Crippen molar-refractivity contribution in [2.75, 3.05) is 0 Å². The molecule has 0 aliphatic rings. The van der Waals surface area contributed by atoms with Crippen LogP contribution in [0.4, 0.5) is 0 Å². The summed E-state index contributed by atoms with van der Waals surface area (Å²) < 4.78 is 5.13. The van der Waals surface area contributed by atoms with Gasteiger partial charge < -0.3 is 5.73 Å². The van der Waals surface area contributed by atoms with Gasteiger partial charge in [-0.1, -0.05) is 0 Å². The van der Waals surface area contributed by atoms with Crippen molar-refractivity contribution in [3.05, 3.63) is 45.6 Å². The first-order valence-corrected chi connectivity index (χ1v) is 5.67. The quantitative estimate of drug-likeness (QED) is 0.911. The zero-order chi connectivity index (χ0) is 9.97. The Labute approximate surface area is 94.3 Å². The largest absolute Gasteiger partial charge is 0.318 e. The highest BCUT2D eigenvalue weighted by Crippen LogP contribution is 2.18. The van der Waals surface area contributed by atoms with Gasteiger partial charge in [-0.05, 0) is 45.7 Å². The Kier molecular flexibility index (Phi) is 2.90. The summed E-state index contributed by atoms with van der Waals surface area (Å²) in [6, 6.07) is 5.51. The van der Waals surface area contributed by atoms with Gasteiger partial charge in [0.25, 0.3) is 0 Å². The molecule has 0 saturated carbocycles. The molecule has 2 N–H and O–H groups in total. The number of pyridine rings is 1. The minimum atomic E-state index is -0.227. The fraction of sp³-hybridized carbons (Fsp3) is 0.111. The molecule has 2 aromatic rings. The van der Waals surface area contributed by atoms with Gasteiger partial charge in [0.1, 0.15) is 0 Å². The molecule has 1 atom stereocenters. The van der Waals surface area contributed by atoms with Crippen LogP contribution < -0.4 is 5.73 Å². The van der Waals surface area contributed by atoms with E-state index in [1.165, 1.54) is 11.5 Å². The molecule has 2 rings (SSSR count). The lowest BCUT2D eigenvalue weighted by Gasteiger charge is -2.07. The van der Waals surface area contributed by atoms with Crippen molar-refractivity contribution in [2.45, 2.75) is 6.04 Å². The molecule has 2 heterocycles. The highest BCUT2D eigenvalue weighted by atomic mass is 79.9. The van der Waals surface area contributed by atoms with Crippen molar-refractivity contribution in [1.29, 1.82) is 0 Å². The number of hydrogen-bond donors (Lipinski definition) is 1. The molecular weight excluding hydrogens is 262 g/mol.